The van der Waals surface area contributed by atoms with Crippen molar-refractivity contribution in [2.45, 2.75) is 0 Å². The van der Waals surface area contributed by atoms with Crippen LogP contribution < -0.4 is 10.1 Å². The number of carbonyl (C=O) groups excluding carboxylic acids is 3. The van der Waals surface area contributed by atoms with Crippen LogP contribution >= 0.6 is 15.9 Å². The molecule has 1 saturated heterocycles. The Morgan fingerprint density at radius 3 is 2.70 bits per heavy atom. The van der Waals surface area contributed by atoms with Crippen LogP contribution in [-0.4, -0.2) is 47.5 Å². The van der Waals surface area contributed by atoms with E-state index < -0.39 is 30.4 Å². The van der Waals surface area contributed by atoms with Crippen molar-refractivity contribution in [2.24, 2.45) is 0 Å². The van der Waals surface area contributed by atoms with Crippen molar-refractivity contribution in [1.29, 1.82) is 0 Å². The van der Waals surface area contributed by atoms with E-state index in [1.165, 1.54) is 19.2 Å². The molecule has 1 aliphatic heterocycles. The van der Waals surface area contributed by atoms with Crippen molar-refractivity contribution in [3.63, 3.8) is 0 Å². The van der Waals surface area contributed by atoms with Crippen LogP contribution in [0.1, 0.15) is 5.56 Å². The summed E-state index contributed by atoms with van der Waals surface area (Å²) in [4.78, 5) is 46.3. The van der Waals surface area contributed by atoms with Gasteiger partial charge in [-0.25, -0.2) is 9.59 Å². The Morgan fingerprint density at radius 1 is 1.39 bits per heavy atom. The molecule has 0 aliphatic carbocycles. The van der Waals surface area contributed by atoms with E-state index in [2.05, 4.69) is 15.9 Å². The van der Waals surface area contributed by atoms with Crippen molar-refractivity contribution >= 4 is 45.8 Å². The lowest BCUT2D eigenvalue weighted by Crippen LogP contribution is -2.52. The van der Waals surface area contributed by atoms with E-state index in [0.717, 1.165) is 4.90 Å². The van der Waals surface area contributed by atoms with Gasteiger partial charge in [0.2, 0.25) is 0 Å². The van der Waals surface area contributed by atoms with Crippen molar-refractivity contribution in [3.05, 3.63) is 33.8 Å². The van der Waals surface area contributed by atoms with Crippen LogP contribution in [0.5, 0.6) is 5.75 Å². The molecule has 2 N–H and O–H groups in total. The average Bonchev–Trinajstić information content (AvgIpc) is 2.48. The number of ether oxygens (including phenoxy) is 1. The molecule has 23 heavy (non-hydrogen) atoms. The van der Waals surface area contributed by atoms with Gasteiger partial charge < -0.3 is 9.84 Å². The highest BCUT2D eigenvalue weighted by Gasteiger charge is 2.32. The van der Waals surface area contributed by atoms with Gasteiger partial charge in [0.05, 0.1) is 4.47 Å². The summed E-state index contributed by atoms with van der Waals surface area (Å²) in [5.41, 5.74) is 0.319. The van der Waals surface area contributed by atoms with Gasteiger partial charge in [-0.2, -0.15) is 0 Å². The summed E-state index contributed by atoms with van der Waals surface area (Å²) in [5, 5.41) is 10.6. The number of carboxylic acids is 1. The highest BCUT2D eigenvalue weighted by molar-refractivity contribution is 9.10. The zero-order valence-electron chi connectivity index (χ0n) is 11.8. The third-order valence-electron chi connectivity index (χ3n) is 2.92. The number of hydrogen-bond acceptors (Lipinski definition) is 5. The number of imide groups is 2. The lowest BCUT2D eigenvalue weighted by Gasteiger charge is -2.22. The zero-order valence-corrected chi connectivity index (χ0v) is 13.4. The average molecular weight is 383 g/mol. The number of nitrogens with zero attached hydrogens (tertiary/aromatic N) is 1. The van der Waals surface area contributed by atoms with Gasteiger partial charge in [-0.05, 0) is 39.7 Å². The number of nitrogens with one attached hydrogen (secondary N) is 1. The smallest absolute Gasteiger partial charge is 0.341 e. The molecule has 0 spiro atoms. The van der Waals surface area contributed by atoms with Crippen molar-refractivity contribution in [3.8, 4) is 5.75 Å². The van der Waals surface area contributed by atoms with Gasteiger partial charge in [0.25, 0.3) is 11.8 Å². The topological polar surface area (TPSA) is 113 Å². The summed E-state index contributed by atoms with van der Waals surface area (Å²) in [5.74, 6) is -2.29. The number of rotatable bonds is 4. The number of amides is 4. The minimum atomic E-state index is -1.11. The molecule has 1 aliphatic rings. The van der Waals surface area contributed by atoms with E-state index in [0.29, 0.717) is 15.8 Å². The summed E-state index contributed by atoms with van der Waals surface area (Å²) >= 11 is 3.22. The number of halogens is 1. The molecule has 9 heteroatoms. The van der Waals surface area contributed by atoms with Crippen LogP contribution in [0.2, 0.25) is 0 Å². The van der Waals surface area contributed by atoms with E-state index in [1.54, 1.807) is 12.1 Å². The van der Waals surface area contributed by atoms with Crippen molar-refractivity contribution < 1.29 is 29.0 Å². The van der Waals surface area contributed by atoms with Gasteiger partial charge in [-0.3, -0.25) is 19.8 Å². The second-order valence-corrected chi connectivity index (χ2v) is 5.41. The molecule has 1 fully saturated rings. The zero-order chi connectivity index (χ0) is 17.1. The molecule has 1 aromatic rings. The van der Waals surface area contributed by atoms with E-state index in [-0.39, 0.29) is 5.57 Å². The van der Waals surface area contributed by atoms with Gasteiger partial charge in [0.1, 0.15) is 11.3 Å². The Balaban J connectivity index is 2.27. The Labute approximate surface area is 138 Å². The molecule has 0 bridgehead atoms. The fourth-order valence-electron chi connectivity index (χ4n) is 1.78. The molecule has 0 unspecified atom stereocenters. The summed E-state index contributed by atoms with van der Waals surface area (Å²) in [6.45, 7) is -0.493. The molecular formula is C14H11BrN2O6. The van der Waals surface area contributed by atoms with Crippen LogP contribution in [0.3, 0.4) is 0 Å². The fourth-order valence-corrected chi connectivity index (χ4v) is 2.29. The second-order valence-electron chi connectivity index (χ2n) is 4.55. The van der Waals surface area contributed by atoms with Crippen molar-refractivity contribution in [2.75, 3.05) is 13.7 Å². The summed E-state index contributed by atoms with van der Waals surface area (Å²) in [7, 11) is 1.26. The molecular weight excluding hydrogens is 372 g/mol. The summed E-state index contributed by atoms with van der Waals surface area (Å²) in [6.07, 6.45) is 1.33. The van der Waals surface area contributed by atoms with E-state index in [4.69, 9.17) is 9.84 Å². The molecule has 0 atom stereocenters. The quantitative estimate of drug-likeness (QED) is 0.593. The fraction of sp³-hybridized carbons (Fsp3) is 0.143. The minimum Gasteiger partial charge on any atom is -0.481 e. The predicted octanol–water partition coefficient (Wildman–Crippen LogP) is 1.00. The molecule has 0 radical (unpaired) electrons. The molecule has 120 valence electrons. The Kier molecular flexibility index (Phi) is 4.80. The molecule has 1 aromatic carbocycles. The maximum atomic E-state index is 12.0. The van der Waals surface area contributed by atoms with Gasteiger partial charge in [-0.15, -0.1) is 0 Å². The van der Waals surface area contributed by atoms with Gasteiger partial charge >= 0.3 is 12.0 Å². The SMILES string of the molecule is CN1C(=O)NC(=O)/C(=C\c2ccc(OCC(=O)O)c(Br)c2)C1=O. The number of hydrogen-bond donors (Lipinski definition) is 2. The number of urea groups is 1. The van der Waals surface area contributed by atoms with Crippen LogP contribution in [0.4, 0.5) is 4.79 Å². The maximum absolute atomic E-state index is 12.0. The number of likely N-dealkylation sites (N-methyl/N-ethyl adjacent to an activating group) is 1. The molecule has 4 amide bonds. The van der Waals surface area contributed by atoms with Crippen molar-refractivity contribution in [1.82, 2.24) is 10.2 Å². The van der Waals surface area contributed by atoms with E-state index in [9.17, 15) is 19.2 Å². The maximum Gasteiger partial charge on any atom is 0.341 e. The highest BCUT2D eigenvalue weighted by atomic mass is 79.9. The van der Waals surface area contributed by atoms with Gasteiger partial charge in [-0.1, -0.05) is 6.07 Å². The first-order valence-electron chi connectivity index (χ1n) is 6.29. The summed E-state index contributed by atoms with van der Waals surface area (Å²) in [6, 6.07) is 3.82. The highest BCUT2D eigenvalue weighted by Crippen LogP contribution is 2.27. The number of benzene rings is 1. The summed E-state index contributed by atoms with van der Waals surface area (Å²) < 4.78 is 5.51. The molecule has 8 nitrogen and oxygen atoms in total. The lowest BCUT2D eigenvalue weighted by atomic mass is 10.1. The third-order valence-corrected chi connectivity index (χ3v) is 3.54. The first kappa shape index (κ1) is 16.7. The Hall–Kier alpha value is -2.68. The largest absolute Gasteiger partial charge is 0.481 e. The first-order chi connectivity index (χ1) is 10.8. The van der Waals surface area contributed by atoms with Gasteiger partial charge in [0, 0.05) is 7.05 Å². The Bertz CT molecular complexity index is 743. The second kappa shape index (κ2) is 6.61. The molecule has 1 heterocycles. The van der Waals surface area contributed by atoms with Crippen LogP contribution in [0.25, 0.3) is 6.08 Å². The predicted molar refractivity (Wildman–Crippen MR) is 81.6 cm³/mol. The number of barbiturate groups is 1. The van der Waals surface area contributed by atoms with Crippen LogP contribution in [0, 0.1) is 0 Å². The van der Waals surface area contributed by atoms with Crippen LogP contribution in [0.15, 0.2) is 28.2 Å². The molecule has 0 aromatic heterocycles. The van der Waals surface area contributed by atoms with Gasteiger partial charge in [0.15, 0.2) is 6.61 Å². The molecule has 2 rings (SSSR count). The lowest BCUT2D eigenvalue weighted by molar-refractivity contribution is -0.139. The van der Waals surface area contributed by atoms with E-state index >= 15 is 0 Å². The Morgan fingerprint density at radius 2 is 2.09 bits per heavy atom. The number of carboxylic acid groups (broad SMARTS) is 1. The molecule has 0 saturated carbocycles. The van der Waals surface area contributed by atoms with E-state index in [1.807, 2.05) is 5.32 Å². The minimum absolute atomic E-state index is 0.182. The first-order valence-corrected chi connectivity index (χ1v) is 7.08. The third kappa shape index (κ3) is 3.75. The number of aliphatic carboxylic acids is 1. The van der Waals surface area contributed by atoms with Crippen LogP contribution in [-0.2, 0) is 14.4 Å². The normalized spacial score (nSPS) is 16.5. The monoisotopic (exact) mass is 382 g/mol. The number of carbonyl (C=O) groups is 4. The standard InChI is InChI=1S/C14H11BrN2O6/c1-17-13(21)8(12(20)16-14(17)22)4-7-2-3-10(9(15)5-7)23-6-11(18)19/h2-5H,6H2,1H3,(H,18,19)(H,16,20,22)/b8-4+.